The van der Waals surface area contributed by atoms with Gasteiger partial charge in [-0.15, -0.1) is 0 Å². The predicted octanol–water partition coefficient (Wildman–Crippen LogP) is 6.36. The van der Waals surface area contributed by atoms with Crippen LogP contribution in [0.15, 0.2) is 70.7 Å². The molecule has 2 saturated heterocycles. The molecule has 2 aromatic heterocycles. The maximum atomic E-state index is 13.9. The number of nitrogens with zero attached hydrogens (tertiary/aromatic N) is 3. The number of nitrogens with one attached hydrogen (secondary N) is 4. The maximum Gasteiger partial charge on any atom is 0.407 e. The Hall–Kier alpha value is -4.97. The van der Waals surface area contributed by atoms with Crippen molar-refractivity contribution in [3.63, 3.8) is 0 Å². The lowest BCUT2D eigenvalue weighted by molar-refractivity contribution is -0.139. The van der Waals surface area contributed by atoms with E-state index in [0.717, 1.165) is 76.2 Å². The van der Waals surface area contributed by atoms with Gasteiger partial charge in [0.1, 0.15) is 22.9 Å². The summed E-state index contributed by atoms with van der Waals surface area (Å²) in [6, 6.07) is 16.4. The zero-order chi connectivity index (χ0) is 34.2. The number of aromatic nitrogens is 4. The summed E-state index contributed by atoms with van der Waals surface area (Å²) < 4.78 is 4.84. The lowest BCUT2D eigenvalue weighted by Crippen LogP contribution is -2.59. The van der Waals surface area contributed by atoms with Crippen LogP contribution in [-0.2, 0) is 9.53 Å². The lowest BCUT2D eigenvalue weighted by Gasteiger charge is -2.36. The van der Waals surface area contributed by atoms with Crippen LogP contribution in [0, 0.1) is 23.7 Å². The van der Waals surface area contributed by atoms with Gasteiger partial charge in [0.2, 0.25) is 5.91 Å². The van der Waals surface area contributed by atoms with Gasteiger partial charge in [-0.05, 0) is 87.1 Å². The average Bonchev–Trinajstić information content (AvgIpc) is 3.97. The first kappa shape index (κ1) is 33.9. The van der Waals surface area contributed by atoms with Crippen LogP contribution in [0.1, 0.15) is 87.4 Å². The number of H-pyrrole nitrogens is 2. The zero-order valence-corrected chi connectivity index (χ0v) is 28.9. The molecule has 6 rings (SSSR count). The third-order valence-electron chi connectivity index (χ3n) is 9.27. The first-order valence-corrected chi connectivity index (χ1v) is 17.6. The first-order chi connectivity index (χ1) is 23.9. The molecule has 10 nitrogen and oxygen atoms in total. The molecule has 2 aliphatic rings. The Kier molecular flexibility index (Phi) is 10.7. The van der Waals surface area contributed by atoms with Crippen LogP contribution in [-0.4, -0.2) is 62.6 Å². The fraction of sp³-hybridized carbons (Fsp3) is 0.368. The first-order valence-electron chi connectivity index (χ1n) is 16.8. The molecule has 0 radical (unpaired) electrons. The van der Waals surface area contributed by atoms with Gasteiger partial charge in [-0.1, -0.05) is 55.8 Å². The summed E-state index contributed by atoms with van der Waals surface area (Å²) in [5.74, 6) is 13.9. The molecule has 2 aliphatic heterocycles. The van der Waals surface area contributed by atoms with Gasteiger partial charge in [0.05, 0.1) is 37.3 Å². The standard InChI is InChI=1S/C38H41N7O3S/c1-4-38(5-2,44-37(47)48-3)36(46)45-22-12-18-32(45)35-41-25-31(43-35)27-20-19-26(33(23-27)49-29-15-7-6-8-16-29)13-9-10-14-28-24-40-34(42-28)30-17-11-21-39-30/h6-8,15-16,19-20,23-25,30,32,39H,4-5,11-12,17-18,21-22H2,1-3H3,(H,40,42)(H,41,43)(H,44,47). The molecule has 4 N–H and O–H groups in total. The molecular weight excluding hydrogens is 635 g/mol. The molecule has 0 bridgehead atoms. The molecule has 4 heterocycles. The van der Waals surface area contributed by atoms with Crippen molar-refractivity contribution in [3.8, 4) is 34.9 Å². The van der Waals surface area contributed by atoms with E-state index < -0.39 is 11.6 Å². The molecule has 0 aliphatic carbocycles. The molecule has 2 fully saturated rings. The number of rotatable bonds is 9. The second-order valence-electron chi connectivity index (χ2n) is 12.2. The van der Waals surface area contributed by atoms with E-state index in [-0.39, 0.29) is 18.0 Å². The molecule has 252 valence electrons. The minimum absolute atomic E-state index is 0.116. The van der Waals surface area contributed by atoms with E-state index in [2.05, 4.69) is 67.5 Å². The van der Waals surface area contributed by atoms with E-state index in [0.29, 0.717) is 19.4 Å². The number of alkyl carbamates (subject to hydrolysis) is 1. The van der Waals surface area contributed by atoms with Crippen molar-refractivity contribution in [3.05, 3.63) is 83.8 Å². The van der Waals surface area contributed by atoms with Crippen LogP contribution in [0.5, 0.6) is 0 Å². The number of imidazole rings is 2. The Labute approximate surface area is 291 Å². The van der Waals surface area contributed by atoms with Gasteiger partial charge in [0.15, 0.2) is 0 Å². The van der Waals surface area contributed by atoms with Crippen LogP contribution in [0.2, 0.25) is 0 Å². The lowest BCUT2D eigenvalue weighted by atomic mass is 9.90. The molecule has 2 atom stereocenters. The van der Waals surface area contributed by atoms with E-state index in [4.69, 9.17) is 9.72 Å². The highest BCUT2D eigenvalue weighted by molar-refractivity contribution is 7.99. The van der Waals surface area contributed by atoms with Crippen LogP contribution >= 0.6 is 11.8 Å². The van der Waals surface area contributed by atoms with Crippen LogP contribution in [0.3, 0.4) is 0 Å². The number of carbonyl (C=O) groups is 2. The monoisotopic (exact) mass is 675 g/mol. The predicted molar refractivity (Wildman–Crippen MR) is 189 cm³/mol. The van der Waals surface area contributed by atoms with E-state index in [1.165, 1.54) is 7.11 Å². The molecule has 2 amide bonds. The third kappa shape index (κ3) is 7.69. The van der Waals surface area contributed by atoms with Gasteiger partial charge < -0.3 is 30.2 Å². The molecule has 4 aromatic rings. The second-order valence-corrected chi connectivity index (χ2v) is 13.3. The minimum atomic E-state index is -1.04. The molecule has 0 saturated carbocycles. The number of benzene rings is 2. The highest BCUT2D eigenvalue weighted by Gasteiger charge is 2.44. The number of amides is 2. The summed E-state index contributed by atoms with van der Waals surface area (Å²) in [6.07, 6.45) is 7.73. The van der Waals surface area contributed by atoms with Crippen molar-refractivity contribution >= 4 is 23.8 Å². The summed E-state index contributed by atoms with van der Waals surface area (Å²) in [5, 5.41) is 6.26. The molecule has 2 unspecified atom stereocenters. The number of hydrogen-bond donors (Lipinski definition) is 4. The van der Waals surface area contributed by atoms with Crippen molar-refractivity contribution in [2.75, 3.05) is 20.2 Å². The number of hydrogen-bond acceptors (Lipinski definition) is 7. The van der Waals surface area contributed by atoms with Gasteiger partial charge in [-0.25, -0.2) is 14.8 Å². The fourth-order valence-corrected chi connectivity index (χ4v) is 7.40. The molecular formula is C38H41N7O3S. The topological polar surface area (TPSA) is 128 Å². The zero-order valence-electron chi connectivity index (χ0n) is 28.1. The van der Waals surface area contributed by atoms with Crippen LogP contribution in [0.4, 0.5) is 4.79 Å². The third-order valence-corrected chi connectivity index (χ3v) is 10.3. The van der Waals surface area contributed by atoms with Gasteiger partial charge in [-0.2, -0.15) is 0 Å². The summed E-state index contributed by atoms with van der Waals surface area (Å²) in [7, 11) is 1.31. The quantitative estimate of drug-likeness (QED) is 0.152. The SMILES string of the molecule is CCC(CC)(NC(=O)OC)C(=O)N1CCCC1c1ncc(-c2ccc(C#CC#Cc3cnc(C4CCCN4)[nH]3)c(Sc3ccccc3)c2)[nH]1. The molecule has 0 spiro atoms. The van der Waals surface area contributed by atoms with Gasteiger partial charge in [0.25, 0.3) is 0 Å². The highest BCUT2D eigenvalue weighted by atomic mass is 32.2. The van der Waals surface area contributed by atoms with Gasteiger partial charge in [0, 0.05) is 27.5 Å². The Morgan fingerprint density at radius 2 is 1.80 bits per heavy atom. The van der Waals surface area contributed by atoms with Crippen LogP contribution < -0.4 is 10.6 Å². The van der Waals surface area contributed by atoms with Crippen molar-refractivity contribution in [2.24, 2.45) is 0 Å². The maximum absolute atomic E-state index is 13.9. The summed E-state index contributed by atoms with van der Waals surface area (Å²) in [6.45, 7) is 5.42. The van der Waals surface area contributed by atoms with Crippen molar-refractivity contribution in [1.29, 1.82) is 0 Å². The Morgan fingerprint density at radius 1 is 1.00 bits per heavy atom. The van der Waals surface area contributed by atoms with E-state index in [9.17, 15) is 9.59 Å². The van der Waals surface area contributed by atoms with E-state index in [1.807, 2.05) is 55.3 Å². The molecule has 11 heteroatoms. The normalized spacial score (nSPS) is 17.2. The van der Waals surface area contributed by atoms with Gasteiger partial charge in [-0.3, -0.25) is 4.79 Å². The summed E-state index contributed by atoms with van der Waals surface area (Å²) in [4.78, 5) is 46.1. The molecule has 2 aromatic carbocycles. The van der Waals surface area contributed by atoms with Crippen molar-refractivity contribution < 1.29 is 14.3 Å². The highest BCUT2D eigenvalue weighted by Crippen LogP contribution is 2.37. The second kappa shape index (κ2) is 15.5. The molecule has 49 heavy (non-hydrogen) atoms. The number of aromatic amines is 2. The van der Waals surface area contributed by atoms with Gasteiger partial charge >= 0.3 is 6.09 Å². The van der Waals surface area contributed by atoms with E-state index in [1.54, 1.807) is 18.0 Å². The van der Waals surface area contributed by atoms with Crippen molar-refractivity contribution in [2.45, 2.75) is 79.8 Å². The number of likely N-dealkylation sites (tertiary alicyclic amines) is 1. The number of methoxy groups -OCH3 is 1. The Bertz CT molecular complexity index is 1900. The largest absolute Gasteiger partial charge is 0.453 e. The number of ether oxygens (including phenoxy) is 1. The number of carbonyl (C=O) groups excluding carboxylic acids is 2. The van der Waals surface area contributed by atoms with E-state index >= 15 is 0 Å². The average molecular weight is 676 g/mol. The Balaban J connectivity index is 1.24. The smallest absolute Gasteiger partial charge is 0.407 e. The minimum Gasteiger partial charge on any atom is -0.453 e. The summed E-state index contributed by atoms with van der Waals surface area (Å²) >= 11 is 1.64. The fourth-order valence-electron chi connectivity index (χ4n) is 6.44. The Morgan fingerprint density at radius 3 is 2.55 bits per heavy atom. The summed E-state index contributed by atoms with van der Waals surface area (Å²) in [5.41, 5.74) is 2.39. The van der Waals surface area contributed by atoms with Crippen molar-refractivity contribution in [1.82, 2.24) is 35.5 Å². The van der Waals surface area contributed by atoms with Crippen LogP contribution in [0.25, 0.3) is 11.3 Å².